The van der Waals surface area contributed by atoms with E-state index >= 15 is 0 Å². The maximum absolute atomic E-state index is 13.3. The third kappa shape index (κ3) is 3.87. The third-order valence-electron chi connectivity index (χ3n) is 5.44. The summed E-state index contributed by atoms with van der Waals surface area (Å²) in [7, 11) is 0. The van der Waals surface area contributed by atoms with Crippen LogP contribution < -0.4 is 0 Å². The van der Waals surface area contributed by atoms with Crippen LogP contribution in [0.4, 0.5) is 13.2 Å². The molecule has 1 saturated heterocycles. The van der Waals surface area contributed by atoms with Gasteiger partial charge in [0, 0.05) is 43.2 Å². The summed E-state index contributed by atoms with van der Waals surface area (Å²) in [5.41, 5.74) is 3.67. The molecule has 1 unspecified atom stereocenters. The standard InChI is InChI=1S/C23H20F3N3O/c1-2-22(30)28-9-7-17(13-28)20-12-27-21(15-3-5-18(24)6-4-15)11-19(20)16-8-10-29(14-16)23(25)26/h2-6,8,10-12,14,17,23H,1,7,9,13H2. The van der Waals surface area contributed by atoms with Crippen LogP contribution in [0.3, 0.4) is 0 Å². The fraction of sp³-hybridized carbons (Fsp3) is 0.217. The summed E-state index contributed by atoms with van der Waals surface area (Å²) < 4.78 is 40.4. The van der Waals surface area contributed by atoms with Crippen molar-refractivity contribution in [2.75, 3.05) is 13.1 Å². The molecule has 0 bridgehead atoms. The molecule has 0 saturated carbocycles. The third-order valence-corrected chi connectivity index (χ3v) is 5.44. The molecule has 3 aromatic rings. The van der Waals surface area contributed by atoms with E-state index in [1.165, 1.54) is 30.6 Å². The van der Waals surface area contributed by atoms with Gasteiger partial charge in [-0.05, 0) is 65.6 Å². The number of pyridine rings is 1. The van der Waals surface area contributed by atoms with Crippen molar-refractivity contribution < 1.29 is 18.0 Å². The van der Waals surface area contributed by atoms with E-state index in [1.54, 1.807) is 29.3 Å². The summed E-state index contributed by atoms with van der Waals surface area (Å²) in [5.74, 6) is -0.435. The Kier molecular flexibility index (Phi) is 5.44. The summed E-state index contributed by atoms with van der Waals surface area (Å²) in [4.78, 5) is 18.2. The van der Waals surface area contributed by atoms with Gasteiger partial charge in [-0.1, -0.05) is 6.58 Å². The van der Waals surface area contributed by atoms with Crippen LogP contribution in [0.15, 0.2) is 67.6 Å². The predicted octanol–water partition coefficient (Wildman–Crippen LogP) is 5.25. The molecule has 4 nitrogen and oxygen atoms in total. The highest BCUT2D eigenvalue weighted by Gasteiger charge is 2.28. The Bertz CT molecular complexity index is 1080. The van der Waals surface area contributed by atoms with Gasteiger partial charge >= 0.3 is 6.55 Å². The van der Waals surface area contributed by atoms with E-state index in [-0.39, 0.29) is 17.6 Å². The highest BCUT2D eigenvalue weighted by molar-refractivity contribution is 5.87. The highest BCUT2D eigenvalue weighted by Crippen LogP contribution is 2.37. The molecule has 7 heteroatoms. The second kappa shape index (κ2) is 8.18. The van der Waals surface area contributed by atoms with E-state index in [4.69, 9.17) is 0 Å². The van der Waals surface area contributed by atoms with Gasteiger partial charge in [-0.2, -0.15) is 8.78 Å². The SMILES string of the molecule is C=CC(=O)N1CCC(c2cnc(-c3ccc(F)cc3)cc2-c2ccn(C(F)F)c2)C1. The van der Waals surface area contributed by atoms with E-state index in [1.807, 2.05) is 6.07 Å². The van der Waals surface area contributed by atoms with Crippen molar-refractivity contribution in [3.05, 3.63) is 79.0 Å². The van der Waals surface area contributed by atoms with Gasteiger partial charge in [0.15, 0.2) is 0 Å². The highest BCUT2D eigenvalue weighted by atomic mass is 19.3. The number of nitrogens with zero attached hydrogens (tertiary/aromatic N) is 3. The summed E-state index contributed by atoms with van der Waals surface area (Å²) in [6.45, 7) is 2.03. The van der Waals surface area contributed by atoms with Crippen molar-refractivity contribution >= 4 is 5.91 Å². The van der Waals surface area contributed by atoms with Crippen LogP contribution in [-0.2, 0) is 4.79 Å². The molecule has 0 spiro atoms. The zero-order valence-electron chi connectivity index (χ0n) is 16.1. The Labute approximate surface area is 172 Å². The molecule has 0 N–H and O–H groups in total. The topological polar surface area (TPSA) is 38.1 Å². The van der Waals surface area contributed by atoms with Crippen LogP contribution >= 0.6 is 0 Å². The molecule has 2 aromatic heterocycles. The van der Waals surface area contributed by atoms with Gasteiger partial charge in [-0.15, -0.1) is 0 Å². The number of benzene rings is 1. The molecule has 30 heavy (non-hydrogen) atoms. The summed E-state index contributed by atoms with van der Waals surface area (Å²) in [6, 6.07) is 9.45. The largest absolute Gasteiger partial charge is 0.339 e. The molecule has 1 atom stereocenters. The number of carbonyl (C=O) groups excluding carboxylic acids is 1. The molecule has 3 heterocycles. The summed E-state index contributed by atoms with van der Waals surface area (Å²) in [5, 5.41) is 0. The lowest BCUT2D eigenvalue weighted by atomic mass is 9.91. The van der Waals surface area contributed by atoms with Crippen LogP contribution in [-0.4, -0.2) is 33.4 Å². The Morgan fingerprint density at radius 3 is 2.63 bits per heavy atom. The first kappa shape index (κ1) is 19.9. The van der Waals surface area contributed by atoms with Gasteiger partial charge in [0.1, 0.15) is 5.82 Å². The molecule has 1 aromatic carbocycles. The average molecular weight is 411 g/mol. The van der Waals surface area contributed by atoms with Crippen molar-refractivity contribution in [1.29, 1.82) is 0 Å². The van der Waals surface area contributed by atoms with E-state index in [2.05, 4.69) is 11.6 Å². The zero-order valence-corrected chi connectivity index (χ0v) is 16.1. The maximum atomic E-state index is 13.3. The normalized spacial score (nSPS) is 16.3. The predicted molar refractivity (Wildman–Crippen MR) is 108 cm³/mol. The summed E-state index contributed by atoms with van der Waals surface area (Å²) >= 11 is 0. The van der Waals surface area contributed by atoms with Gasteiger partial charge in [-0.25, -0.2) is 4.39 Å². The number of hydrogen-bond acceptors (Lipinski definition) is 2. The van der Waals surface area contributed by atoms with Gasteiger partial charge in [0.2, 0.25) is 5.91 Å². The quantitative estimate of drug-likeness (QED) is 0.538. The minimum Gasteiger partial charge on any atom is -0.339 e. The molecule has 1 amide bonds. The number of aromatic nitrogens is 2. The molecule has 1 fully saturated rings. The Morgan fingerprint density at radius 2 is 1.97 bits per heavy atom. The lowest BCUT2D eigenvalue weighted by Crippen LogP contribution is -2.26. The number of halogens is 3. The van der Waals surface area contributed by atoms with Crippen molar-refractivity contribution in [2.24, 2.45) is 0 Å². The first-order valence-electron chi connectivity index (χ1n) is 9.59. The van der Waals surface area contributed by atoms with Crippen LogP contribution in [0.25, 0.3) is 22.4 Å². The fourth-order valence-corrected chi connectivity index (χ4v) is 3.86. The van der Waals surface area contributed by atoms with E-state index < -0.39 is 6.55 Å². The molecular formula is C23H20F3N3O. The smallest absolute Gasteiger partial charge is 0.318 e. The van der Waals surface area contributed by atoms with Crippen molar-refractivity contribution in [3.63, 3.8) is 0 Å². The molecule has 1 aliphatic heterocycles. The van der Waals surface area contributed by atoms with Crippen molar-refractivity contribution in [1.82, 2.24) is 14.5 Å². The fourth-order valence-electron chi connectivity index (χ4n) is 3.86. The lowest BCUT2D eigenvalue weighted by molar-refractivity contribution is -0.125. The average Bonchev–Trinajstić information content (AvgIpc) is 3.43. The number of rotatable bonds is 5. The van der Waals surface area contributed by atoms with Crippen molar-refractivity contribution in [3.8, 4) is 22.4 Å². The number of amides is 1. The molecule has 154 valence electrons. The number of hydrogen-bond donors (Lipinski definition) is 0. The van der Waals surface area contributed by atoms with E-state index in [9.17, 15) is 18.0 Å². The van der Waals surface area contributed by atoms with Crippen LogP contribution in [0, 0.1) is 5.82 Å². The first-order chi connectivity index (χ1) is 14.5. The molecule has 0 radical (unpaired) electrons. The number of alkyl halides is 2. The summed E-state index contributed by atoms with van der Waals surface area (Å²) in [6.07, 6.45) is 6.52. The minimum absolute atomic E-state index is 0.0357. The van der Waals surface area contributed by atoms with Gasteiger partial charge in [-0.3, -0.25) is 14.3 Å². The second-order valence-electron chi connectivity index (χ2n) is 7.26. The van der Waals surface area contributed by atoms with Crippen LogP contribution in [0.1, 0.15) is 24.5 Å². The zero-order chi connectivity index (χ0) is 21.3. The first-order valence-corrected chi connectivity index (χ1v) is 9.59. The second-order valence-corrected chi connectivity index (χ2v) is 7.26. The maximum Gasteiger partial charge on any atom is 0.318 e. The Hall–Kier alpha value is -3.35. The monoisotopic (exact) mass is 411 g/mol. The van der Waals surface area contributed by atoms with Crippen LogP contribution in [0.2, 0.25) is 0 Å². The van der Waals surface area contributed by atoms with Crippen LogP contribution in [0.5, 0.6) is 0 Å². The van der Waals surface area contributed by atoms with Gasteiger partial charge < -0.3 is 4.90 Å². The van der Waals surface area contributed by atoms with Gasteiger partial charge in [0.05, 0.1) is 5.69 Å². The Balaban J connectivity index is 1.76. The molecule has 1 aliphatic rings. The Morgan fingerprint density at radius 1 is 1.20 bits per heavy atom. The minimum atomic E-state index is -2.63. The molecular weight excluding hydrogens is 391 g/mol. The van der Waals surface area contributed by atoms with E-state index in [0.29, 0.717) is 24.3 Å². The van der Waals surface area contributed by atoms with Gasteiger partial charge in [0.25, 0.3) is 0 Å². The lowest BCUT2D eigenvalue weighted by Gasteiger charge is -2.17. The number of carbonyl (C=O) groups is 1. The van der Waals surface area contributed by atoms with E-state index in [0.717, 1.165) is 27.7 Å². The number of likely N-dealkylation sites (tertiary alicyclic amines) is 1. The molecule has 4 rings (SSSR count). The molecule has 0 aliphatic carbocycles. The van der Waals surface area contributed by atoms with Crippen molar-refractivity contribution in [2.45, 2.75) is 18.9 Å².